The van der Waals surface area contributed by atoms with Crippen molar-refractivity contribution in [1.29, 1.82) is 5.26 Å². The van der Waals surface area contributed by atoms with Crippen molar-refractivity contribution in [2.75, 3.05) is 24.3 Å². The Balaban J connectivity index is 1.70. The Kier molecular flexibility index (Phi) is 6.87. The molecule has 1 aromatic heterocycles. The maximum absolute atomic E-state index is 12.9. The minimum Gasteiger partial charge on any atom is -0.495 e. The van der Waals surface area contributed by atoms with Gasteiger partial charge >= 0.3 is 0 Å². The fraction of sp³-hybridized carbons (Fsp3) is 0.238. The van der Waals surface area contributed by atoms with Crippen molar-refractivity contribution in [3.63, 3.8) is 0 Å². The normalized spacial score (nSPS) is 10.4. The van der Waals surface area contributed by atoms with E-state index in [0.717, 1.165) is 5.56 Å². The molecular weight excluding hydrogens is 386 g/mol. The van der Waals surface area contributed by atoms with Crippen LogP contribution in [0.4, 0.5) is 5.69 Å². The van der Waals surface area contributed by atoms with E-state index < -0.39 is 0 Å². The third-order valence-corrected chi connectivity index (χ3v) is 5.07. The highest BCUT2D eigenvalue weighted by Crippen LogP contribution is 2.29. The molecule has 0 aliphatic rings. The Hall–Kier alpha value is -3.31. The van der Waals surface area contributed by atoms with E-state index in [1.54, 1.807) is 24.1 Å². The van der Waals surface area contributed by atoms with Crippen molar-refractivity contribution in [1.82, 2.24) is 15.2 Å². The predicted octanol–water partition coefficient (Wildman–Crippen LogP) is 3.83. The topological polar surface area (TPSA) is 94.9 Å². The number of benzene rings is 2. The van der Waals surface area contributed by atoms with Crippen LogP contribution in [-0.4, -0.2) is 40.5 Å². The number of ether oxygens (including phenoxy) is 1. The van der Waals surface area contributed by atoms with Crippen LogP contribution in [0.1, 0.15) is 12.0 Å². The Morgan fingerprint density at radius 1 is 1.24 bits per heavy atom. The van der Waals surface area contributed by atoms with Crippen LogP contribution in [0.25, 0.3) is 11.4 Å². The minimum atomic E-state index is -0.142. The van der Waals surface area contributed by atoms with E-state index in [1.165, 1.54) is 17.3 Å². The zero-order valence-electron chi connectivity index (χ0n) is 16.3. The zero-order chi connectivity index (χ0) is 20.6. The number of hydrogen-bond donors (Lipinski definition) is 1. The van der Waals surface area contributed by atoms with Crippen LogP contribution in [0.3, 0.4) is 0 Å². The maximum atomic E-state index is 12.9. The number of para-hydroxylation sites is 2. The molecule has 8 heteroatoms. The summed E-state index contributed by atoms with van der Waals surface area (Å²) in [4.78, 5) is 18.9. The van der Waals surface area contributed by atoms with E-state index in [-0.39, 0.29) is 18.1 Å². The Morgan fingerprint density at radius 2 is 2.00 bits per heavy atom. The van der Waals surface area contributed by atoms with Gasteiger partial charge < -0.3 is 9.64 Å². The number of H-pyrrole nitrogens is 1. The Bertz CT molecular complexity index is 1010. The van der Waals surface area contributed by atoms with Gasteiger partial charge in [-0.2, -0.15) is 5.26 Å². The molecule has 0 aliphatic carbocycles. The quantitative estimate of drug-likeness (QED) is 0.570. The van der Waals surface area contributed by atoms with Crippen LogP contribution in [0.5, 0.6) is 5.75 Å². The van der Waals surface area contributed by atoms with Gasteiger partial charge in [0.2, 0.25) is 11.1 Å². The van der Waals surface area contributed by atoms with E-state index in [9.17, 15) is 4.79 Å². The number of amides is 1. The molecule has 0 atom stereocenters. The molecular formula is C21H21N5O2S. The standard InChI is InChI=1S/C21H21N5O2S/c1-15-8-10-16(11-9-15)20-23-21(25-24-20)29-14-19(27)26(13-5-12-22)17-6-3-4-7-18(17)28-2/h3-4,6-11H,5,13-14H2,1-2H3,(H,23,24,25). The molecule has 0 spiro atoms. The van der Waals surface area contributed by atoms with Crippen molar-refractivity contribution >= 4 is 23.4 Å². The van der Waals surface area contributed by atoms with Gasteiger partial charge in [-0.15, -0.1) is 5.10 Å². The number of nitrogens with one attached hydrogen (secondary N) is 1. The van der Waals surface area contributed by atoms with E-state index in [1.807, 2.05) is 43.3 Å². The number of rotatable bonds is 8. The van der Waals surface area contributed by atoms with Gasteiger partial charge in [0, 0.05) is 12.1 Å². The van der Waals surface area contributed by atoms with Crippen LogP contribution in [-0.2, 0) is 4.79 Å². The van der Waals surface area contributed by atoms with Crippen LogP contribution in [0, 0.1) is 18.3 Å². The number of aromatic amines is 1. The van der Waals surface area contributed by atoms with Gasteiger partial charge in [-0.1, -0.05) is 53.7 Å². The average molecular weight is 407 g/mol. The van der Waals surface area contributed by atoms with E-state index in [4.69, 9.17) is 10.00 Å². The number of methoxy groups -OCH3 is 1. The first-order chi connectivity index (χ1) is 14.1. The van der Waals surface area contributed by atoms with Crippen molar-refractivity contribution in [3.05, 3.63) is 54.1 Å². The second-order valence-corrected chi connectivity index (χ2v) is 7.19. The van der Waals surface area contributed by atoms with E-state index in [0.29, 0.717) is 29.0 Å². The number of nitrogens with zero attached hydrogens (tertiary/aromatic N) is 4. The summed E-state index contributed by atoms with van der Waals surface area (Å²) >= 11 is 1.25. The molecule has 148 valence electrons. The third kappa shape index (κ3) is 5.15. The number of carbonyl (C=O) groups is 1. The Morgan fingerprint density at radius 3 is 2.72 bits per heavy atom. The molecule has 3 rings (SSSR count). The summed E-state index contributed by atoms with van der Waals surface area (Å²) in [6, 6.07) is 17.3. The molecule has 0 unspecified atom stereocenters. The highest BCUT2D eigenvalue weighted by molar-refractivity contribution is 7.99. The molecule has 0 bridgehead atoms. The monoisotopic (exact) mass is 407 g/mol. The van der Waals surface area contributed by atoms with Gasteiger partial charge in [-0.3, -0.25) is 9.89 Å². The van der Waals surface area contributed by atoms with E-state index >= 15 is 0 Å². The van der Waals surface area contributed by atoms with Crippen LogP contribution < -0.4 is 9.64 Å². The molecule has 1 heterocycles. The van der Waals surface area contributed by atoms with Crippen LogP contribution in [0.15, 0.2) is 53.7 Å². The first kappa shape index (κ1) is 20.4. The van der Waals surface area contributed by atoms with Crippen molar-refractivity contribution in [2.24, 2.45) is 0 Å². The summed E-state index contributed by atoms with van der Waals surface area (Å²) in [5.74, 6) is 1.25. The highest BCUT2D eigenvalue weighted by Gasteiger charge is 2.20. The van der Waals surface area contributed by atoms with E-state index in [2.05, 4.69) is 21.3 Å². The second-order valence-electron chi connectivity index (χ2n) is 6.25. The lowest BCUT2D eigenvalue weighted by atomic mass is 10.1. The number of carbonyl (C=O) groups excluding carboxylic acids is 1. The average Bonchev–Trinajstić information content (AvgIpc) is 3.22. The van der Waals surface area contributed by atoms with Gasteiger partial charge in [0.25, 0.3) is 0 Å². The molecule has 29 heavy (non-hydrogen) atoms. The largest absolute Gasteiger partial charge is 0.495 e. The van der Waals surface area contributed by atoms with Gasteiger partial charge in [0.05, 0.1) is 31.0 Å². The van der Waals surface area contributed by atoms with Crippen LogP contribution in [0.2, 0.25) is 0 Å². The molecule has 1 amide bonds. The molecule has 0 saturated carbocycles. The van der Waals surface area contributed by atoms with Crippen molar-refractivity contribution < 1.29 is 9.53 Å². The smallest absolute Gasteiger partial charge is 0.237 e. The number of hydrogen-bond acceptors (Lipinski definition) is 6. The molecule has 3 aromatic rings. The lowest BCUT2D eigenvalue weighted by Crippen LogP contribution is -2.33. The summed E-state index contributed by atoms with van der Waals surface area (Å²) in [6.07, 6.45) is 0.229. The molecule has 7 nitrogen and oxygen atoms in total. The van der Waals surface area contributed by atoms with Crippen molar-refractivity contribution in [2.45, 2.75) is 18.5 Å². The first-order valence-electron chi connectivity index (χ1n) is 9.05. The molecule has 0 fully saturated rings. The first-order valence-corrected chi connectivity index (χ1v) is 10.0. The number of aromatic nitrogens is 3. The predicted molar refractivity (Wildman–Crippen MR) is 113 cm³/mol. The lowest BCUT2D eigenvalue weighted by Gasteiger charge is -2.23. The molecule has 1 N–H and O–H groups in total. The number of aryl methyl sites for hydroxylation is 1. The molecule has 0 radical (unpaired) electrons. The summed E-state index contributed by atoms with van der Waals surface area (Å²) in [7, 11) is 1.56. The molecule has 0 saturated heterocycles. The summed E-state index contributed by atoms with van der Waals surface area (Å²) in [6.45, 7) is 2.32. The van der Waals surface area contributed by atoms with Gasteiger partial charge in [-0.25, -0.2) is 4.98 Å². The third-order valence-electron chi connectivity index (χ3n) is 4.24. The SMILES string of the molecule is COc1ccccc1N(CCC#N)C(=O)CSc1n[nH]c(-c2ccc(C)cc2)n1. The summed E-state index contributed by atoms with van der Waals surface area (Å²) < 4.78 is 5.37. The lowest BCUT2D eigenvalue weighted by molar-refractivity contribution is -0.116. The fourth-order valence-electron chi connectivity index (χ4n) is 2.75. The zero-order valence-corrected chi connectivity index (χ0v) is 17.1. The summed E-state index contributed by atoms with van der Waals surface area (Å²) in [5, 5.41) is 16.6. The Labute approximate surface area is 173 Å². The minimum absolute atomic E-state index is 0.142. The molecule has 2 aromatic carbocycles. The number of nitriles is 1. The van der Waals surface area contributed by atoms with Crippen molar-refractivity contribution in [3.8, 4) is 23.2 Å². The van der Waals surface area contributed by atoms with Gasteiger partial charge in [-0.05, 0) is 19.1 Å². The number of thioether (sulfide) groups is 1. The van der Waals surface area contributed by atoms with Gasteiger partial charge in [0.15, 0.2) is 5.82 Å². The fourth-order valence-corrected chi connectivity index (χ4v) is 3.42. The molecule has 0 aliphatic heterocycles. The number of anilines is 1. The van der Waals surface area contributed by atoms with Gasteiger partial charge in [0.1, 0.15) is 5.75 Å². The highest BCUT2D eigenvalue weighted by atomic mass is 32.2. The maximum Gasteiger partial charge on any atom is 0.237 e. The van der Waals surface area contributed by atoms with Crippen LogP contribution >= 0.6 is 11.8 Å². The second kappa shape index (κ2) is 9.75. The summed E-state index contributed by atoms with van der Waals surface area (Å²) in [5.41, 5.74) is 2.75.